The summed E-state index contributed by atoms with van der Waals surface area (Å²) in [5.41, 5.74) is 0. The number of amides is 1. The molecule has 126 valence electrons. The summed E-state index contributed by atoms with van der Waals surface area (Å²) >= 11 is 2.97. The van der Waals surface area contributed by atoms with Crippen molar-refractivity contribution >= 4 is 29.0 Å². The molecule has 2 bridgehead atoms. The average Bonchev–Trinajstić information content (AvgIpc) is 3.07. The van der Waals surface area contributed by atoms with Crippen molar-refractivity contribution in [2.45, 2.75) is 28.0 Å². The first-order chi connectivity index (χ1) is 11.7. The normalized spacial score (nSPS) is 25.6. The Morgan fingerprint density at radius 2 is 2.00 bits per heavy atom. The second-order valence-electron chi connectivity index (χ2n) is 6.41. The molecular formula is C18H20N2O2S2. The van der Waals surface area contributed by atoms with Gasteiger partial charge in [0, 0.05) is 12.6 Å². The van der Waals surface area contributed by atoms with E-state index in [4.69, 9.17) is 0 Å². The number of thiophene rings is 1. The zero-order valence-electron chi connectivity index (χ0n) is 13.3. The van der Waals surface area contributed by atoms with E-state index >= 15 is 0 Å². The number of hydrogen-bond donors (Lipinski definition) is 2. The predicted molar refractivity (Wildman–Crippen MR) is 97.0 cm³/mol. The first-order valence-electron chi connectivity index (χ1n) is 8.28. The maximum atomic E-state index is 12.5. The van der Waals surface area contributed by atoms with Crippen LogP contribution in [0.5, 0.6) is 5.75 Å². The first-order valence-corrected chi connectivity index (χ1v) is 9.91. The van der Waals surface area contributed by atoms with Gasteiger partial charge in [-0.2, -0.15) is 0 Å². The molecule has 5 rings (SSSR count). The number of piperidine rings is 3. The highest BCUT2D eigenvalue weighted by atomic mass is 32.2. The number of hydrogen-bond acceptors (Lipinski definition) is 5. The van der Waals surface area contributed by atoms with Gasteiger partial charge < -0.3 is 15.3 Å². The van der Waals surface area contributed by atoms with E-state index in [0.29, 0.717) is 5.92 Å². The molecule has 1 atom stereocenters. The Labute approximate surface area is 149 Å². The summed E-state index contributed by atoms with van der Waals surface area (Å²) in [4.78, 5) is 16.5. The Balaban J connectivity index is 1.41. The summed E-state index contributed by atoms with van der Waals surface area (Å²) in [5.74, 6) is 0.936. The lowest BCUT2D eigenvalue weighted by Gasteiger charge is -2.44. The molecule has 3 fully saturated rings. The minimum Gasteiger partial charge on any atom is -0.507 e. The summed E-state index contributed by atoms with van der Waals surface area (Å²) < 4.78 is 1.01. The predicted octanol–water partition coefficient (Wildman–Crippen LogP) is 3.43. The number of para-hydroxylation sites is 1. The van der Waals surface area contributed by atoms with Crippen LogP contribution >= 0.6 is 23.1 Å². The molecule has 2 N–H and O–H groups in total. The van der Waals surface area contributed by atoms with Crippen molar-refractivity contribution in [3.8, 4) is 5.75 Å². The van der Waals surface area contributed by atoms with Gasteiger partial charge in [-0.3, -0.25) is 4.79 Å². The van der Waals surface area contributed by atoms with Crippen molar-refractivity contribution in [1.82, 2.24) is 10.2 Å². The van der Waals surface area contributed by atoms with E-state index < -0.39 is 0 Å². The van der Waals surface area contributed by atoms with Crippen LogP contribution in [0.25, 0.3) is 0 Å². The van der Waals surface area contributed by atoms with Crippen LogP contribution in [0.1, 0.15) is 22.5 Å². The van der Waals surface area contributed by atoms with Crippen LogP contribution in [-0.4, -0.2) is 41.6 Å². The molecule has 0 saturated carbocycles. The van der Waals surface area contributed by atoms with Gasteiger partial charge in [0.2, 0.25) is 0 Å². The lowest BCUT2D eigenvalue weighted by molar-refractivity contribution is 0.0622. The fourth-order valence-electron chi connectivity index (χ4n) is 3.52. The van der Waals surface area contributed by atoms with Gasteiger partial charge >= 0.3 is 0 Å². The third kappa shape index (κ3) is 3.31. The largest absolute Gasteiger partial charge is 0.507 e. The van der Waals surface area contributed by atoms with Crippen LogP contribution in [-0.2, 0) is 0 Å². The van der Waals surface area contributed by atoms with Gasteiger partial charge in [-0.05, 0) is 56.1 Å². The van der Waals surface area contributed by atoms with Gasteiger partial charge in [-0.15, -0.1) is 11.3 Å². The molecule has 1 amide bonds. The quantitative estimate of drug-likeness (QED) is 0.877. The summed E-state index contributed by atoms with van der Waals surface area (Å²) in [6.45, 7) is 3.34. The number of phenolic OH excluding ortho intramolecular Hbond substituents is 1. The number of carbonyl (C=O) groups excluding carboxylic acids is 1. The third-order valence-electron chi connectivity index (χ3n) is 4.85. The van der Waals surface area contributed by atoms with Crippen LogP contribution in [0, 0.1) is 5.92 Å². The first kappa shape index (κ1) is 16.0. The highest BCUT2D eigenvalue weighted by molar-refractivity contribution is 8.01. The number of carbonyl (C=O) groups is 1. The van der Waals surface area contributed by atoms with Crippen LogP contribution in [0.3, 0.4) is 0 Å². The number of fused-ring (bicyclic) bond motifs is 3. The molecular weight excluding hydrogens is 340 g/mol. The minimum atomic E-state index is 0.0304. The maximum Gasteiger partial charge on any atom is 0.261 e. The van der Waals surface area contributed by atoms with E-state index in [-0.39, 0.29) is 17.7 Å². The van der Waals surface area contributed by atoms with E-state index in [1.807, 2.05) is 24.3 Å². The van der Waals surface area contributed by atoms with Gasteiger partial charge in [0.15, 0.2) is 0 Å². The second-order valence-corrected chi connectivity index (χ2v) is 8.83. The molecule has 3 aliphatic heterocycles. The van der Waals surface area contributed by atoms with Crippen LogP contribution < -0.4 is 5.32 Å². The highest BCUT2D eigenvalue weighted by Gasteiger charge is 2.35. The Morgan fingerprint density at radius 1 is 1.21 bits per heavy atom. The van der Waals surface area contributed by atoms with Crippen molar-refractivity contribution in [1.29, 1.82) is 0 Å². The van der Waals surface area contributed by atoms with Gasteiger partial charge in [-0.25, -0.2) is 0 Å². The van der Waals surface area contributed by atoms with Crippen LogP contribution in [0.4, 0.5) is 0 Å². The molecule has 0 spiro atoms. The minimum absolute atomic E-state index is 0.0304. The Kier molecular flexibility index (Phi) is 4.52. The number of nitrogens with one attached hydrogen (secondary N) is 1. The van der Waals surface area contributed by atoms with Crippen molar-refractivity contribution in [2.75, 3.05) is 19.6 Å². The Hall–Kier alpha value is -1.50. The SMILES string of the molecule is O=C(NC1CN2CCC1CC2)c1ccc(Sc2ccccc2O)s1. The molecule has 4 nitrogen and oxygen atoms in total. The number of nitrogens with zero attached hydrogens (tertiary/aromatic N) is 1. The molecule has 1 unspecified atom stereocenters. The topological polar surface area (TPSA) is 52.6 Å². The molecule has 1 aromatic heterocycles. The number of aromatic hydroxyl groups is 1. The van der Waals surface area contributed by atoms with Crippen LogP contribution in [0.2, 0.25) is 0 Å². The molecule has 3 saturated heterocycles. The Morgan fingerprint density at radius 3 is 2.71 bits per heavy atom. The lowest BCUT2D eigenvalue weighted by Crippen LogP contribution is -2.57. The molecule has 24 heavy (non-hydrogen) atoms. The lowest BCUT2D eigenvalue weighted by atomic mass is 9.84. The van der Waals surface area contributed by atoms with Crippen molar-refractivity contribution in [3.05, 3.63) is 41.3 Å². The molecule has 3 aliphatic rings. The molecule has 4 heterocycles. The molecule has 2 aromatic rings. The monoisotopic (exact) mass is 360 g/mol. The van der Waals surface area contributed by atoms with Crippen molar-refractivity contribution in [2.24, 2.45) is 5.92 Å². The maximum absolute atomic E-state index is 12.5. The summed E-state index contributed by atoms with van der Waals surface area (Å²) in [6.07, 6.45) is 2.40. The van der Waals surface area contributed by atoms with Gasteiger partial charge in [0.1, 0.15) is 5.75 Å². The zero-order chi connectivity index (χ0) is 16.5. The number of phenols is 1. The van der Waals surface area contributed by atoms with E-state index in [9.17, 15) is 9.90 Å². The average molecular weight is 361 g/mol. The fraction of sp³-hybridized carbons (Fsp3) is 0.389. The third-order valence-corrected chi connectivity index (χ3v) is 7.13. The summed E-state index contributed by atoms with van der Waals surface area (Å²) in [5, 5.41) is 13.1. The summed E-state index contributed by atoms with van der Waals surface area (Å²) in [6, 6.07) is 11.4. The second kappa shape index (κ2) is 6.78. The Bertz CT molecular complexity index is 738. The van der Waals surface area contributed by atoms with Crippen LogP contribution in [0.15, 0.2) is 45.5 Å². The van der Waals surface area contributed by atoms with Gasteiger partial charge in [-0.1, -0.05) is 23.9 Å². The van der Waals surface area contributed by atoms with E-state index in [0.717, 1.165) is 20.5 Å². The number of rotatable bonds is 4. The van der Waals surface area contributed by atoms with E-state index in [1.54, 1.807) is 12.1 Å². The van der Waals surface area contributed by atoms with Crippen molar-refractivity contribution < 1.29 is 9.90 Å². The fourth-order valence-corrected chi connectivity index (χ4v) is 5.53. The number of benzene rings is 1. The standard InChI is InChI=1S/C18H20N2O2S2/c21-14-3-1-2-4-15(14)23-17-6-5-16(24-17)18(22)19-13-11-20-9-7-12(13)8-10-20/h1-6,12-13,21H,7-11H2,(H,19,22). The van der Waals surface area contributed by atoms with E-state index in [1.165, 1.54) is 49.0 Å². The van der Waals surface area contributed by atoms with Gasteiger partial charge in [0.05, 0.1) is 14.0 Å². The molecule has 6 heteroatoms. The summed E-state index contributed by atoms with van der Waals surface area (Å²) in [7, 11) is 0. The molecule has 1 aromatic carbocycles. The zero-order valence-corrected chi connectivity index (χ0v) is 14.9. The van der Waals surface area contributed by atoms with Crippen molar-refractivity contribution in [3.63, 3.8) is 0 Å². The smallest absolute Gasteiger partial charge is 0.261 e. The van der Waals surface area contributed by atoms with E-state index in [2.05, 4.69) is 10.2 Å². The molecule has 0 aliphatic carbocycles. The highest BCUT2D eigenvalue weighted by Crippen LogP contribution is 2.38. The molecule has 0 radical (unpaired) electrons. The van der Waals surface area contributed by atoms with Gasteiger partial charge in [0.25, 0.3) is 5.91 Å².